The van der Waals surface area contributed by atoms with Crippen molar-refractivity contribution in [2.45, 2.75) is 67.8 Å². The van der Waals surface area contributed by atoms with E-state index in [4.69, 9.17) is 21.6 Å². The van der Waals surface area contributed by atoms with Gasteiger partial charge in [0.2, 0.25) is 0 Å². The molecule has 35 heavy (non-hydrogen) atoms. The fraction of sp³-hybridized carbons (Fsp3) is 0.444. The maximum atomic E-state index is 6.77. The molecule has 2 fully saturated rings. The summed E-state index contributed by atoms with van der Waals surface area (Å²) in [5.41, 5.74) is 4.31. The molecule has 0 unspecified atom stereocenters. The molecule has 0 atom stereocenters. The third-order valence-electron chi connectivity index (χ3n) is 7.87. The van der Waals surface area contributed by atoms with E-state index >= 15 is 0 Å². The molecule has 0 radical (unpaired) electrons. The molecule has 1 spiro atoms. The van der Waals surface area contributed by atoms with Crippen molar-refractivity contribution in [3.8, 4) is 0 Å². The molecule has 1 saturated carbocycles. The van der Waals surface area contributed by atoms with Crippen LogP contribution in [0.25, 0.3) is 5.70 Å². The SMILES string of the molecule is C=C(Nc1cccc(Sc2cnc(N3CCC4(CCCC4)CC3)cn2)c1Cl)c1cc2n(n1)CCC2. The monoisotopic (exact) mass is 506 g/mol. The van der Waals surface area contributed by atoms with Crippen LogP contribution in [0.5, 0.6) is 0 Å². The minimum atomic E-state index is 0.610. The van der Waals surface area contributed by atoms with Gasteiger partial charge in [-0.25, -0.2) is 9.97 Å². The molecule has 0 bridgehead atoms. The number of aryl methyl sites for hydroxylation is 2. The van der Waals surface area contributed by atoms with E-state index in [0.717, 1.165) is 65.3 Å². The topological polar surface area (TPSA) is 58.9 Å². The number of fused-ring (bicyclic) bond motifs is 1. The van der Waals surface area contributed by atoms with Gasteiger partial charge < -0.3 is 10.2 Å². The zero-order valence-electron chi connectivity index (χ0n) is 20.0. The number of anilines is 2. The average Bonchev–Trinajstić information content (AvgIpc) is 3.60. The predicted octanol–water partition coefficient (Wildman–Crippen LogP) is 6.67. The first-order valence-electron chi connectivity index (χ1n) is 12.7. The molecule has 3 aromatic rings. The maximum absolute atomic E-state index is 6.77. The first-order chi connectivity index (χ1) is 17.1. The standard InChI is InChI=1S/C27H31ClN6S/c1-19(22-16-20-6-5-13-34(20)32-22)31-21-7-4-8-23(26(21)28)35-25-18-29-24(17-30-25)33-14-11-27(12-15-33)9-2-3-10-27/h4,7-8,16-18,31H,1-3,5-6,9-15H2. The van der Waals surface area contributed by atoms with Gasteiger partial charge in [-0.3, -0.25) is 4.68 Å². The second-order valence-corrected chi connectivity index (χ2v) is 11.5. The Morgan fingerprint density at radius 3 is 2.60 bits per heavy atom. The Morgan fingerprint density at radius 2 is 1.86 bits per heavy atom. The molecular weight excluding hydrogens is 476 g/mol. The molecule has 1 N–H and O–H groups in total. The van der Waals surface area contributed by atoms with Crippen molar-refractivity contribution in [2.75, 3.05) is 23.3 Å². The van der Waals surface area contributed by atoms with E-state index in [1.165, 1.54) is 56.0 Å². The van der Waals surface area contributed by atoms with Crippen LogP contribution in [-0.2, 0) is 13.0 Å². The number of piperidine rings is 1. The molecule has 2 aliphatic heterocycles. The highest BCUT2D eigenvalue weighted by molar-refractivity contribution is 7.99. The van der Waals surface area contributed by atoms with Crippen LogP contribution < -0.4 is 10.2 Å². The summed E-state index contributed by atoms with van der Waals surface area (Å²) in [5.74, 6) is 0.979. The maximum Gasteiger partial charge on any atom is 0.147 e. The van der Waals surface area contributed by atoms with Crippen molar-refractivity contribution < 1.29 is 0 Å². The Balaban J connectivity index is 1.10. The van der Waals surface area contributed by atoms with Crippen molar-refractivity contribution in [2.24, 2.45) is 5.41 Å². The van der Waals surface area contributed by atoms with Crippen molar-refractivity contribution in [1.29, 1.82) is 0 Å². The van der Waals surface area contributed by atoms with E-state index in [-0.39, 0.29) is 0 Å². The molecule has 0 amide bonds. The summed E-state index contributed by atoms with van der Waals surface area (Å²) in [4.78, 5) is 12.8. The van der Waals surface area contributed by atoms with Crippen LogP contribution in [-0.4, -0.2) is 32.8 Å². The van der Waals surface area contributed by atoms with Crippen LogP contribution in [0.3, 0.4) is 0 Å². The number of halogens is 1. The fourth-order valence-corrected chi connectivity index (χ4v) is 6.86. The Morgan fingerprint density at radius 1 is 1.03 bits per heavy atom. The first kappa shape index (κ1) is 22.9. The molecule has 1 aromatic carbocycles. The average molecular weight is 507 g/mol. The van der Waals surface area contributed by atoms with Gasteiger partial charge in [0, 0.05) is 30.2 Å². The van der Waals surface area contributed by atoms with Gasteiger partial charge in [-0.15, -0.1) is 0 Å². The van der Waals surface area contributed by atoms with E-state index in [9.17, 15) is 0 Å². The number of hydrogen-bond acceptors (Lipinski definition) is 6. The smallest absolute Gasteiger partial charge is 0.147 e. The van der Waals surface area contributed by atoms with Crippen LogP contribution in [0.4, 0.5) is 11.5 Å². The number of benzene rings is 1. The first-order valence-corrected chi connectivity index (χ1v) is 13.8. The third-order valence-corrected chi connectivity index (χ3v) is 9.36. The molecule has 1 aliphatic carbocycles. The summed E-state index contributed by atoms with van der Waals surface area (Å²) in [6.07, 6.45) is 14.2. The summed E-state index contributed by atoms with van der Waals surface area (Å²) in [5, 5.41) is 9.50. The minimum absolute atomic E-state index is 0.610. The lowest BCUT2D eigenvalue weighted by molar-refractivity contribution is 0.226. The number of rotatable bonds is 6. The quantitative estimate of drug-likeness (QED) is 0.403. The van der Waals surface area contributed by atoms with E-state index in [0.29, 0.717) is 10.4 Å². The Labute approximate surface area is 216 Å². The number of nitrogens with zero attached hydrogens (tertiary/aromatic N) is 5. The molecular formula is C27H31ClN6S. The Kier molecular flexibility index (Phi) is 6.23. The van der Waals surface area contributed by atoms with Gasteiger partial charge in [-0.1, -0.05) is 48.8 Å². The summed E-state index contributed by atoms with van der Waals surface area (Å²) in [6, 6.07) is 8.07. The van der Waals surface area contributed by atoms with Gasteiger partial charge >= 0.3 is 0 Å². The summed E-state index contributed by atoms with van der Waals surface area (Å²) in [6.45, 7) is 7.34. The molecule has 3 aliphatic rings. The third kappa shape index (κ3) is 4.68. The van der Waals surface area contributed by atoms with Crippen molar-refractivity contribution >= 4 is 40.6 Å². The lowest BCUT2D eigenvalue weighted by Crippen LogP contribution is -2.39. The lowest BCUT2D eigenvalue weighted by Gasteiger charge is -2.39. The van der Waals surface area contributed by atoms with Crippen LogP contribution in [0, 0.1) is 5.41 Å². The summed E-state index contributed by atoms with van der Waals surface area (Å²) >= 11 is 8.30. The number of hydrogen-bond donors (Lipinski definition) is 1. The van der Waals surface area contributed by atoms with Crippen molar-refractivity contribution in [1.82, 2.24) is 19.7 Å². The highest BCUT2D eigenvalue weighted by Gasteiger charge is 2.37. The van der Waals surface area contributed by atoms with Crippen LogP contribution in [0.2, 0.25) is 5.02 Å². The Bertz CT molecular complexity index is 1200. The summed E-state index contributed by atoms with van der Waals surface area (Å²) < 4.78 is 2.06. The second-order valence-electron chi connectivity index (χ2n) is 10.1. The lowest BCUT2D eigenvalue weighted by atomic mass is 9.77. The molecule has 182 valence electrons. The zero-order valence-corrected chi connectivity index (χ0v) is 21.5. The van der Waals surface area contributed by atoms with Gasteiger partial charge in [0.05, 0.1) is 28.8 Å². The number of nitrogens with one attached hydrogen (secondary N) is 1. The van der Waals surface area contributed by atoms with Gasteiger partial charge in [0.25, 0.3) is 0 Å². The van der Waals surface area contributed by atoms with E-state index < -0.39 is 0 Å². The molecule has 2 aromatic heterocycles. The van der Waals surface area contributed by atoms with Crippen molar-refractivity contribution in [3.05, 3.63) is 59.6 Å². The molecule has 6 nitrogen and oxygen atoms in total. The highest BCUT2D eigenvalue weighted by Crippen LogP contribution is 2.46. The molecule has 1 saturated heterocycles. The van der Waals surface area contributed by atoms with E-state index in [1.807, 2.05) is 30.6 Å². The van der Waals surface area contributed by atoms with Gasteiger partial charge in [0.1, 0.15) is 16.5 Å². The summed E-state index contributed by atoms with van der Waals surface area (Å²) in [7, 11) is 0. The van der Waals surface area contributed by atoms with E-state index in [1.54, 1.807) is 0 Å². The van der Waals surface area contributed by atoms with Crippen LogP contribution in [0.15, 0.2) is 53.2 Å². The molecule has 6 rings (SSSR count). The Hall–Kier alpha value is -2.51. The zero-order chi connectivity index (χ0) is 23.8. The number of aromatic nitrogens is 4. The van der Waals surface area contributed by atoms with Crippen molar-refractivity contribution in [3.63, 3.8) is 0 Å². The molecule has 8 heteroatoms. The van der Waals surface area contributed by atoms with Gasteiger partial charge in [-0.2, -0.15) is 5.10 Å². The fourth-order valence-electron chi connectivity index (χ4n) is 5.79. The highest BCUT2D eigenvalue weighted by atomic mass is 35.5. The normalized spacial score (nSPS) is 18.7. The van der Waals surface area contributed by atoms with Gasteiger partial charge in [-0.05, 0) is 62.1 Å². The van der Waals surface area contributed by atoms with Gasteiger partial charge in [0.15, 0.2) is 0 Å². The molecule has 4 heterocycles. The predicted molar refractivity (Wildman–Crippen MR) is 143 cm³/mol. The second kappa shape index (κ2) is 9.51. The minimum Gasteiger partial charge on any atom is -0.355 e. The van der Waals surface area contributed by atoms with Crippen LogP contribution >= 0.6 is 23.4 Å². The van der Waals surface area contributed by atoms with Crippen LogP contribution in [0.1, 0.15) is 56.3 Å². The van der Waals surface area contributed by atoms with E-state index in [2.05, 4.69) is 32.6 Å². The largest absolute Gasteiger partial charge is 0.355 e.